The van der Waals surface area contributed by atoms with Gasteiger partial charge in [0.25, 0.3) is 5.91 Å². The standard InChI is InChI=1S/C29H39N7O5S/c1-18(2)25-28(40)34-22(10-13-42-4)27(39)32-19(3)26(38)33-21(14-20-8-6-5-7-9-20)16-36(17-24(37)35-25)29(41)23-15-30-11-12-31-23/h5-9,11-12,15,18-19,21-22,25H,10,13-14,16-17H2,1-4H3,(H,32,39)(H,33,38)(H,34,40)(H,35,37)/t19-,21+,22-,25-/m0/s1. The minimum atomic E-state index is -0.960. The van der Waals surface area contributed by atoms with Crippen LogP contribution in [0.3, 0.4) is 0 Å². The average molecular weight is 598 g/mol. The molecule has 1 aromatic heterocycles. The van der Waals surface area contributed by atoms with Gasteiger partial charge in [-0.15, -0.1) is 0 Å². The Balaban J connectivity index is 2.00. The van der Waals surface area contributed by atoms with Crippen molar-refractivity contribution in [1.82, 2.24) is 36.1 Å². The number of carbonyl (C=O) groups is 5. The van der Waals surface area contributed by atoms with E-state index in [4.69, 9.17) is 0 Å². The predicted octanol–water partition coefficient (Wildman–Crippen LogP) is 0.543. The number of aromatic nitrogens is 2. The third-order valence-corrected chi connectivity index (χ3v) is 7.42. The van der Waals surface area contributed by atoms with Gasteiger partial charge < -0.3 is 26.2 Å². The van der Waals surface area contributed by atoms with Crippen LogP contribution in [0.15, 0.2) is 48.9 Å². The van der Waals surface area contributed by atoms with Gasteiger partial charge in [0.2, 0.25) is 23.6 Å². The quantitative estimate of drug-likeness (QED) is 0.360. The molecule has 2 heterocycles. The van der Waals surface area contributed by atoms with E-state index in [1.54, 1.807) is 20.8 Å². The molecule has 1 fully saturated rings. The van der Waals surface area contributed by atoms with Crippen LogP contribution < -0.4 is 21.3 Å². The minimum absolute atomic E-state index is 0.0309. The number of carbonyl (C=O) groups excluding carboxylic acids is 5. The number of rotatable bonds is 7. The molecule has 0 saturated carbocycles. The fourth-order valence-electron chi connectivity index (χ4n) is 4.52. The van der Waals surface area contributed by atoms with Gasteiger partial charge in [0.1, 0.15) is 23.8 Å². The molecule has 1 aliphatic heterocycles. The first-order valence-electron chi connectivity index (χ1n) is 13.9. The van der Waals surface area contributed by atoms with Crippen molar-refractivity contribution in [2.45, 2.75) is 57.8 Å². The molecule has 226 valence electrons. The molecule has 4 atom stereocenters. The molecule has 13 heteroatoms. The highest BCUT2D eigenvalue weighted by atomic mass is 32.2. The fraction of sp³-hybridized carbons (Fsp3) is 0.483. The highest BCUT2D eigenvalue weighted by Gasteiger charge is 2.32. The van der Waals surface area contributed by atoms with E-state index in [0.717, 1.165) is 5.56 Å². The summed E-state index contributed by atoms with van der Waals surface area (Å²) < 4.78 is 0. The number of amides is 5. The van der Waals surface area contributed by atoms with E-state index in [0.29, 0.717) is 18.6 Å². The van der Waals surface area contributed by atoms with Crippen molar-refractivity contribution in [3.8, 4) is 0 Å². The maximum absolute atomic E-state index is 13.5. The second kappa shape index (κ2) is 15.9. The summed E-state index contributed by atoms with van der Waals surface area (Å²) in [6.45, 7) is 4.68. The van der Waals surface area contributed by atoms with E-state index >= 15 is 0 Å². The van der Waals surface area contributed by atoms with Crippen molar-refractivity contribution in [2.24, 2.45) is 5.92 Å². The molecule has 42 heavy (non-hydrogen) atoms. The molecule has 0 radical (unpaired) electrons. The van der Waals surface area contributed by atoms with E-state index in [9.17, 15) is 24.0 Å². The SMILES string of the molecule is CSCC[C@@H]1NC(=O)[C@H](C(C)C)NC(=O)CN(C(=O)c2cnccn2)C[C@@H](Cc2ccccc2)NC(=O)[C@H](C)NC1=O. The number of nitrogens with zero attached hydrogens (tertiary/aromatic N) is 3. The van der Waals surface area contributed by atoms with E-state index in [2.05, 4.69) is 31.2 Å². The lowest BCUT2D eigenvalue weighted by Gasteiger charge is -2.29. The topological polar surface area (TPSA) is 162 Å². The molecule has 0 unspecified atom stereocenters. The normalized spacial score (nSPS) is 22.7. The van der Waals surface area contributed by atoms with Crippen molar-refractivity contribution in [2.75, 3.05) is 25.1 Å². The Morgan fingerprint density at radius 1 is 1.00 bits per heavy atom. The van der Waals surface area contributed by atoms with Crippen LogP contribution in [0, 0.1) is 5.92 Å². The van der Waals surface area contributed by atoms with Crippen molar-refractivity contribution < 1.29 is 24.0 Å². The van der Waals surface area contributed by atoms with E-state index in [1.807, 2.05) is 36.6 Å². The molecule has 2 aromatic rings. The van der Waals surface area contributed by atoms with Crippen LogP contribution in [0.4, 0.5) is 0 Å². The van der Waals surface area contributed by atoms with Gasteiger partial charge in [-0.2, -0.15) is 11.8 Å². The van der Waals surface area contributed by atoms with Crippen LogP contribution in [0.5, 0.6) is 0 Å². The molecule has 12 nitrogen and oxygen atoms in total. The number of nitrogens with one attached hydrogen (secondary N) is 4. The maximum atomic E-state index is 13.5. The minimum Gasteiger partial charge on any atom is -0.349 e. The molecule has 0 bridgehead atoms. The molecule has 0 spiro atoms. The average Bonchev–Trinajstić information content (AvgIpc) is 2.97. The largest absolute Gasteiger partial charge is 0.349 e. The second-order valence-electron chi connectivity index (χ2n) is 10.5. The zero-order valence-electron chi connectivity index (χ0n) is 24.3. The molecule has 1 aliphatic rings. The van der Waals surface area contributed by atoms with Crippen molar-refractivity contribution in [3.05, 3.63) is 60.2 Å². The zero-order chi connectivity index (χ0) is 30.6. The summed E-state index contributed by atoms with van der Waals surface area (Å²) in [5.41, 5.74) is 0.934. The first kappa shape index (κ1) is 32.5. The van der Waals surface area contributed by atoms with Crippen LogP contribution in [-0.2, 0) is 25.6 Å². The molecule has 4 N–H and O–H groups in total. The Morgan fingerprint density at radius 3 is 2.38 bits per heavy atom. The molecule has 5 amide bonds. The molecule has 1 saturated heterocycles. The van der Waals surface area contributed by atoms with Crippen LogP contribution in [0.1, 0.15) is 43.2 Å². The lowest BCUT2D eigenvalue weighted by molar-refractivity contribution is -0.134. The highest BCUT2D eigenvalue weighted by Crippen LogP contribution is 2.11. The fourth-order valence-corrected chi connectivity index (χ4v) is 4.99. The number of hydrogen-bond acceptors (Lipinski definition) is 8. The summed E-state index contributed by atoms with van der Waals surface area (Å²) in [6, 6.07) is 5.99. The Hall–Kier alpha value is -4.00. The van der Waals surface area contributed by atoms with Crippen molar-refractivity contribution in [1.29, 1.82) is 0 Å². The molecule has 1 aromatic carbocycles. The molecule has 0 aliphatic carbocycles. The Kier molecular flexibility index (Phi) is 12.3. The van der Waals surface area contributed by atoms with Gasteiger partial charge in [-0.05, 0) is 43.3 Å². The van der Waals surface area contributed by atoms with E-state index in [-0.39, 0.29) is 18.2 Å². The first-order valence-corrected chi connectivity index (χ1v) is 15.3. The first-order chi connectivity index (χ1) is 20.1. The van der Waals surface area contributed by atoms with Crippen LogP contribution >= 0.6 is 11.8 Å². The van der Waals surface area contributed by atoms with E-state index < -0.39 is 60.2 Å². The highest BCUT2D eigenvalue weighted by molar-refractivity contribution is 7.98. The van der Waals surface area contributed by atoms with Gasteiger partial charge >= 0.3 is 0 Å². The summed E-state index contributed by atoms with van der Waals surface area (Å²) in [7, 11) is 0. The molecular formula is C29H39N7O5S. The predicted molar refractivity (Wildman–Crippen MR) is 159 cm³/mol. The van der Waals surface area contributed by atoms with Crippen LogP contribution in [0.2, 0.25) is 0 Å². The lowest BCUT2D eigenvalue weighted by Crippen LogP contribution is -2.57. The smallest absolute Gasteiger partial charge is 0.274 e. The van der Waals surface area contributed by atoms with Crippen LogP contribution in [-0.4, -0.2) is 93.7 Å². The number of hydrogen-bond donors (Lipinski definition) is 4. The summed E-state index contributed by atoms with van der Waals surface area (Å²) in [5.74, 6) is -2.34. The van der Waals surface area contributed by atoms with Crippen molar-refractivity contribution in [3.63, 3.8) is 0 Å². The summed E-state index contributed by atoms with van der Waals surface area (Å²) in [4.78, 5) is 76.0. The van der Waals surface area contributed by atoms with Crippen molar-refractivity contribution >= 4 is 41.3 Å². The number of thioether (sulfide) groups is 1. The third kappa shape index (κ3) is 9.54. The van der Waals surface area contributed by atoms with Gasteiger partial charge in [-0.3, -0.25) is 29.0 Å². The third-order valence-electron chi connectivity index (χ3n) is 6.78. The van der Waals surface area contributed by atoms with Gasteiger partial charge in [-0.25, -0.2) is 4.98 Å². The van der Waals surface area contributed by atoms with Gasteiger partial charge in [0, 0.05) is 18.9 Å². The second-order valence-corrected chi connectivity index (χ2v) is 11.5. The van der Waals surface area contributed by atoms with Gasteiger partial charge in [0.05, 0.1) is 18.8 Å². The van der Waals surface area contributed by atoms with E-state index in [1.165, 1.54) is 35.3 Å². The number of benzene rings is 1. The van der Waals surface area contributed by atoms with Gasteiger partial charge in [0.15, 0.2) is 0 Å². The van der Waals surface area contributed by atoms with Crippen LogP contribution in [0.25, 0.3) is 0 Å². The zero-order valence-corrected chi connectivity index (χ0v) is 25.1. The summed E-state index contributed by atoms with van der Waals surface area (Å²) >= 11 is 1.52. The molecule has 3 rings (SSSR count). The Morgan fingerprint density at radius 2 is 1.74 bits per heavy atom. The monoisotopic (exact) mass is 597 g/mol. The Bertz CT molecular complexity index is 1230. The maximum Gasteiger partial charge on any atom is 0.274 e. The summed E-state index contributed by atoms with van der Waals surface area (Å²) in [5, 5.41) is 11.1. The van der Waals surface area contributed by atoms with Gasteiger partial charge in [-0.1, -0.05) is 44.2 Å². The Labute approximate surface area is 250 Å². The lowest BCUT2D eigenvalue weighted by atomic mass is 10.0. The molecular weight excluding hydrogens is 558 g/mol. The summed E-state index contributed by atoms with van der Waals surface area (Å²) in [6.07, 6.45) is 6.69.